The van der Waals surface area contributed by atoms with Crippen molar-refractivity contribution in [2.45, 2.75) is 45.3 Å². The lowest BCUT2D eigenvalue weighted by atomic mass is 10.0. The van der Waals surface area contributed by atoms with Crippen molar-refractivity contribution in [3.63, 3.8) is 0 Å². The van der Waals surface area contributed by atoms with Crippen molar-refractivity contribution in [1.29, 1.82) is 0 Å². The summed E-state index contributed by atoms with van der Waals surface area (Å²) in [6, 6.07) is -0.420. The number of hydroxylamine groups is 2. The smallest absolute Gasteiger partial charge is 0.369 e. The normalized spacial score (nSPS) is 31.7. The molecule has 1 unspecified atom stereocenters. The molecule has 1 saturated heterocycles. The summed E-state index contributed by atoms with van der Waals surface area (Å²) in [5.41, 5.74) is 0. The summed E-state index contributed by atoms with van der Waals surface area (Å²) in [5, 5.41) is 10.2. The van der Waals surface area contributed by atoms with Gasteiger partial charge in [0.15, 0.2) is 0 Å². The van der Waals surface area contributed by atoms with Crippen LogP contribution in [0.25, 0.3) is 0 Å². The summed E-state index contributed by atoms with van der Waals surface area (Å²) < 4.78 is 4.93. The Hall–Kier alpha value is -0.260. The molecule has 1 aliphatic heterocycles. The Morgan fingerprint density at radius 3 is 2.73 bits per heavy atom. The van der Waals surface area contributed by atoms with E-state index in [0.717, 1.165) is 12.8 Å². The van der Waals surface area contributed by atoms with E-state index in [9.17, 15) is 10.0 Å². The van der Waals surface area contributed by atoms with Crippen molar-refractivity contribution in [3.8, 4) is 0 Å². The monoisotopic (exact) mass is 234 g/mol. The number of piperidine rings is 1. The third kappa shape index (κ3) is 3.09. The third-order valence-electron chi connectivity index (χ3n) is 2.63. The first kappa shape index (κ1) is 12.8. The molecule has 0 aromatic heterocycles. The van der Waals surface area contributed by atoms with Gasteiger partial charge in [-0.3, -0.25) is 0 Å². The second-order valence-corrected chi connectivity index (χ2v) is 5.16. The predicted molar refractivity (Wildman–Crippen MR) is 59.3 cm³/mol. The molecule has 1 N–H and O–H groups in total. The first-order chi connectivity index (χ1) is 6.99. The molecule has 1 aliphatic rings. The number of quaternary nitrogens is 1. The molecule has 5 heteroatoms. The second-order valence-electron chi connectivity index (χ2n) is 4.16. The lowest BCUT2D eigenvalue weighted by Gasteiger charge is -2.36. The average molecular weight is 234 g/mol. The van der Waals surface area contributed by atoms with E-state index in [0.29, 0.717) is 13.0 Å². The van der Waals surface area contributed by atoms with Crippen LogP contribution >= 0.6 is 11.9 Å². The number of carbonyl (C=O) groups is 1. The van der Waals surface area contributed by atoms with Crippen LogP contribution in [0.4, 0.5) is 0 Å². The molecule has 2 atom stereocenters. The van der Waals surface area contributed by atoms with Crippen LogP contribution in [0.3, 0.4) is 0 Å². The summed E-state index contributed by atoms with van der Waals surface area (Å²) in [5.74, 6) is -0.276. The highest BCUT2D eigenvalue weighted by molar-refractivity contribution is 7.93. The van der Waals surface area contributed by atoms with Crippen LogP contribution in [0, 0.1) is 0 Å². The maximum absolute atomic E-state index is 11.8. The molecule has 0 amide bonds. The van der Waals surface area contributed by atoms with Gasteiger partial charge in [0.1, 0.15) is 18.5 Å². The van der Waals surface area contributed by atoms with Crippen molar-refractivity contribution in [2.24, 2.45) is 0 Å². The first-order valence-electron chi connectivity index (χ1n) is 5.36. The number of nitrogens with zero attached hydrogens (tertiary/aromatic N) is 1. The second kappa shape index (κ2) is 5.18. The highest BCUT2D eigenvalue weighted by Gasteiger charge is 2.45. The predicted octanol–water partition coefficient (Wildman–Crippen LogP) is 1.97. The zero-order valence-electron chi connectivity index (χ0n) is 9.60. The van der Waals surface area contributed by atoms with Crippen molar-refractivity contribution in [3.05, 3.63) is 0 Å². The van der Waals surface area contributed by atoms with Gasteiger partial charge in [-0.05, 0) is 20.3 Å². The maximum Gasteiger partial charge on any atom is 0.369 e. The SMILES string of the molecule is CS[N@@+]1(O)CCCCC1C(=O)OC(C)C. The van der Waals surface area contributed by atoms with Crippen molar-refractivity contribution in [1.82, 2.24) is 0 Å². The summed E-state index contributed by atoms with van der Waals surface area (Å²) in [4.78, 5) is 11.8. The van der Waals surface area contributed by atoms with E-state index in [1.807, 2.05) is 20.1 Å². The number of carbonyl (C=O) groups excluding carboxylic acids is 1. The largest absolute Gasteiger partial charge is 0.458 e. The molecule has 0 saturated carbocycles. The number of rotatable bonds is 3. The maximum atomic E-state index is 11.8. The number of hydrogen-bond acceptors (Lipinski definition) is 4. The van der Waals surface area contributed by atoms with Crippen LogP contribution in [-0.4, -0.2) is 40.2 Å². The fourth-order valence-corrected chi connectivity index (χ4v) is 2.60. The molecule has 0 aromatic carbocycles. The molecular formula is C10H20NO3S+. The van der Waals surface area contributed by atoms with Gasteiger partial charge >= 0.3 is 5.97 Å². The van der Waals surface area contributed by atoms with Crippen LogP contribution in [0.5, 0.6) is 0 Å². The van der Waals surface area contributed by atoms with E-state index in [1.54, 1.807) is 0 Å². The van der Waals surface area contributed by atoms with Crippen molar-refractivity contribution < 1.29 is 18.8 Å². The molecule has 1 fully saturated rings. The Labute approximate surface area is 95.3 Å². The van der Waals surface area contributed by atoms with E-state index < -0.39 is 6.04 Å². The molecule has 0 aromatic rings. The molecule has 0 aliphatic carbocycles. The number of hydrogen-bond donors (Lipinski definition) is 1. The Kier molecular flexibility index (Phi) is 4.43. The first-order valence-corrected chi connectivity index (χ1v) is 6.54. The standard InChI is InChI=1S/C10H20NO3S/c1-8(2)14-10(12)9-6-4-5-7-11(9,13)15-3/h8-9,13H,4-7H2,1-3H3/q+1/t9?,11-/m0/s1. The van der Waals surface area contributed by atoms with Gasteiger partial charge in [0.05, 0.1) is 6.10 Å². The lowest BCUT2D eigenvalue weighted by Crippen LogP contribution is -2.54. The van der Waals surface area contributed by atoms with Gasteiger partial charge in [0.2, 0.25) is 6.04 Å². The molecule has 1 rings (SSSR count). The summed E-state index contributed by atoms with van der Waals surface area (Å²) >= 11 is 1.30. The molecule has 4 nitrogen and oxygen atoms in total. The van der Waals surface area contributed by atoms with Gasteiger partial charge in [-0.1, -0.05) is 0 Å². The fraction of sp³-hybridized carbons (Fsp3) is 0.900. The summed E-state index contributed by atoms with van der Waals surface area (Å²) in [6.45, 7) is 4.27. The van der Waals surface area contributed by atoms with Gasteiger partial charge in [-0.25, -0.2) is 10.0 Å². The van der Waals surface area contributed by atoms with E-state index >= 15 is 0 Å². The van der Waals surface area contributed by atoms with E-state index in [-0.39, 0.29) is 16.1 Å². The summed E-state index contributed by atoms with van der Waals surface area (Å²) in [6.07, 6.45) is 4.36. The average Bonchev–Trinajstić information content (AvgIpc) is 2.17. The van der Waals surface area contributed by atoms with E-state index in [1.165, 1.54) is 11.9 Å². The van der Waals surface area contributed by atoms with Gasteiger partial charge in [-0.15, -0.1) is 4.05 Å². The Bertz CT molecular complexity index is 235. The minimum Gasteiger partial charge on any atom is -0.458 e. The fourth-order valence-electron chi connectivity index (χ4n) is 1.85. The third-order valence-corrected chi connectivity index (χ3v) is 3.70. The van der Waals surface area contributed by atoms with Crippen LogP contribution in [-0.2, 0) is 9.53 Å². The van der Waals surface area contributed by atoms with Gasteiger partial charge in [0, 0.05) is 19.1 Å². The van der Waals surface area contributed by atoms with E-state index in [4.69, 9.17) is 4.74 Å². The van der Waals surface area contributed by atoms with Crippen molar-refractivity contribution in [2.75, 3.05) is 12.8 Å². The van der Waals surface area contributed by atoms with Crippen LogP contribution in [0.15, 0.2) is 0 Å². The van der Waals surface area contributed by atoms with Crippen molar-refractivity contribution >= 4 is 17.9 Å². The minimum absolute atomic E-state index is 0.116. The lowest BCUT2D eigenvalue weighted by molar-refractivity contribution is -1.01. The molecule has 0 radical (unpaired) electrons. The topological polar surface area (TPSA) is 46.5 Å². The van der Waals surface area contributed by atoms with Gasteiger partial charge < -0.3 is 4.74 Å². The molecular weight excluding hydrogens is 214 g/mol. The van der Waals surface area contributed by atoms with Crippen LogP contribution < -0.4 is 0 Å². The Morgan fingerprint density at radius 2 is 2.20 bits per heavy atom. The molecule has 0 spiro atoms. The zero-order valence-corrected chi connectivity index (χ0v) is 10.4. The summed E-state index contributed by atoms with van der Waals surface area (Å²) in [7, 11) is 0. The highest BCUT2D eigenvalue weighted by atomic mass is 32.2. The minimum atomic E-state index is -0.420. The Morgan fingerprint density at radius 1 is 1.53 bits per heavy atom. The van der Waals surface area contributed by atoms with E-state index in [2.05, 4.69) is 0 Å². The highest BCUT2D eigenvalue weighted by Crippen LogP contribution is 2.31. The van der Waals surface area contributed by atoms with Crippen LogP contribution in [0.2, 0.25) is 0 Å². The molecule has 88 valence electrons. The Balaban J connectivity index is 2.68. The number of ether oxygens (including phenoxy) is 1. The number of esters is 1. The quantitative estimate of drug-likeness (QED) is 0.461. The molecule has 1 heterocycles. The van der Waals surface area contributed by atoms with Crippen LogP contribution in [0.1, 0.15) is 33.1 Å². The zero-order chi connectivity index (χ0) is 11.5. The van der Waals surface area contributed by atoms with Gasteiger partial charge in [0.25, 0.3) is 0 Å². The van der Waals surface area contributed by atoms with Gasteiger partial charge in [-0.2, -0.15) is 0 Å². The molecule has 15 heavy (non-hydrogen) atoms. The molecule has 0 bridgehead atoms.